The number of hydrogen-bond acceptors (Lipinski definition) is 1. The summed E-state index contributed by atoms with van der Waals surface area (Å²) in [4.78, 5) is 0.496. The van der Waals surface area contributed by atoms with Crippen LogP contribution in [0.1, 0.15) is 11.1 Å². The molecule has 4 heteroatoms. The van der Waals surface area contributed by atoms with Gasteiger partial charge in [0.1, 0.15) is 0 Å². The molecule has 0 radical (unpaired) electrons. The van der Waals surface area contributed by atoms with Crippen LogP contribution in [0.15, 0.2) is 23.1 Å². The van der Waals surface area contributed by atoms with Crippen molar-refractivity contribution in [3.05, 3.63) is 29.3 Å². The molecule has 0 aliphatic heterocycles. The van der Waals surface area contributed by atoms with Crippen LogP contribution in [0, 0.1) is 13.8 Å². The van der Waals surface area contributed by atoms with Gasteiger partial charge in [0, 0.05) is 0 Å². The molecular formula is C8H11NaO2S. The van der Waals surface area contributed by atoms with Crippen LogP contribution in [0.2, 0.25) is 0 Å². The number of hydrogen-bond donors (Lipinski definition) is 1. The average molecular weight is 194 g/mol. The second-order valence-corrected chi connectivity index (χ2v) is 3.46. The molecule has 0 aromatic heterocycles. The topological polar surface area (TPSA) is 37.3 Å². The van der Waals surface area contributed by atoms with Crippen molar-refractivity contribution in [2.24, 2.45) is 0 Å². The Balaban J connectivity index is 0.00000121. The van der Waals surface area contributed by atoms with Crippen molar-refractivity contribution in [3.63, 3.8) is 0 Å². The van der Waals surface area contributed by atoms with Gasteiger partial charge in [-0.05, 0) is 25.5 Å². The summed E-state index contributed by atoms with van der Waals surface area (Å²) in [5.74, 6) is 0. The molecule has 0 aliphatic carbocycles. The molecular weight excluding hydrogens is 183 g/mol. The SMILES string of the molecule is Cc1ccc(S(=O)O)c(C)c1.[NaH]. The summed E-state index contributed by atoms with van der Waals surface area (Å²) in [6.07, 6.45) is 0. The van der Waals surface area contributed by atoms with Gasteiger partial charge in [0.05, 0.1) is 4.90 Å². The summed E-state index contributed by atoms with van der Waals surface area (Å²) in [5, 5.41) is 0. The molecule has 1 aromatic rings. The monoisotopic (exact) mass is 194 g/mol. The van der Waals surface area contributed by atoms with Crippen LogP contribution in [-0.2, 0) is 11.1 Å². The molecule has 0 heterocycles. The summed E-state index contributed by atoms with van der Waals surface area (Å²) in [5.41, 5.74) is 1.97. The number of rotatable bonds is 1. The molecule has 0 aliphatic rings. The molecule has 0 spiro atoms. The summed E-state index contributed by atoms with van der Waals surface area (Å²) < 4.78 is 19.4. The Morgan fingerprint density at radius 3 is 2.33 bits per heavy atom. The van der Waals surface area contributed by atoms with Crippen LogP contribution in [0.25, 0.3) is 0 Å². The molecule has 1 unspecified atom stereocenters. The first kappa shape index (κ1) is 12.3. The van der Waals surface area contributed by atoms with Gasteiger partial charge in [-0.25, -0.2) is 4.21 Å². The van der Waals surface area contributed by atoms with E-state index in [9.17, 15) is 4.21 Å². The fourth-order valence-electron chi connectivity index (χ4n) is 0.995. The first-order chi connectivity index (χ1) is 5.11. The molecule has 62 valence electrons. The van der Waals surface area contributed by atoms with E-state index < -0.39 is 11.1 Å². The molecule has 1 rings (SSSR count). The van der Waals surface area contributed by atoms with Crippen molar-refractivity contribution >= 4 is 40.6 Å². The van der Waals surface area contributed by atoms with Gasteiger partial charge in [-0.15, -0.1) is 0 Å². The predicted octanol–water partition coefficient (Wildman–Crippen LogP) is 1.24. The molecule has 0 fully saturated rings. The zero-order chi connectivity index (χ0) is 8.43. The number of aryl methyl sites for hydroxylation is 2. The van der Waals surface area contributed by atoms with Crippen molar-refractivity contribution < 1.29 is 8.76 Å². The Kier molecular flexibility index (Phi) is 5.29. The van der Waals surface area contributed by atoms with E-state index in [0.717, 1.165) is 11.1 Å². The van der Waals surface area contributed by atoms with Crippen molar-refractivity contribution in [2.45, 2.75) is 18.7 Å². The molecule has 0 saturated heterocycles. The van der Waals surface area contributed by atoms with E-state index in [1.54, 1.807) is 6.07 Å². The van der Waals surface area contributed by atoms with Crippen LogP contribution < -0.4 is 0 Å². The van der Waals surface area contributed by atoms with Crippen LogP contribution in [0.5, 0.6) is 0 Å². The quantitative estimate of drug-likeness (QED) is 0.539. The Morgan fingerprint density at radius 1 is 1.33 bits per heavy atom. The molecule has 12 heavy (non-hydrogen) atoms. The first-order valence-corrected chi connectivity index (χ1v) is 4.40. The van der Waals surface area contributed by atoms with Gasteiger partial charge >= 0.3 is 29.6 Å². The maximum absolute atomic E-state index is 10.6. The van der Waals surface area contributed by atoms with Crippen LogP contribution in [0.3, 0.4) is 0 Å². The summed E-state index contributed by atoms with van der Waals surface area (Å²) in [7, 11) is 0. The Hall–Kier alpha value is 0.330. The van der Waals surface area contributed by atoms with E-state index in [2.05, 4.69) is 0 Å². The van der Waals surface area contributed by atoms with Gasteiger partial charge in [-0.2, -0.15) is 0 Å². The molecule has 2 nitrogen and oxygen atoms in total. The minimum atomic E-state index is -1.85. The number of benzene rings is 1. The van der Waals surface area contributed by atoms with E-state index in [4.69, 9.17) is 4.55 Å². The van der Waals surface area contributed by atoms with Crippen molar-refractivity contribution in [2.75, 3.05) is 0 Å². The zero-order valence-electron chi connectivity index (χ0n) is 6.50. The first-order valence-electron chi connectivity index (χ1n) is 3.29. The summed E-state index contributed by atoms with van der Waals surface area (Å²) >= 11 is -1.85. The fourth-order valence-corrected chi connectivity index (χ4v) is 1.51. The van der Waals surface area contributed by atoms with Gasteiger partial charge in [0.15, 0.2) is 11.1 Å². The Morgan fingerprint density at radius 2 is 1.92 bits per heavy atom. The van der Waals surface area contributed by atoms with Crippen molar-refractivity contribution in [1.82, 2.24) is 0 Å². The van der Waals surface area contributed by atoms with Gasteiger partial charge < -0.3 is 4.55 Å². The summed E-state index contributed by atoms with van der Waals surface area (Å²) in [6.45, 7) is 3.79. The van der Waals surface area contributed by atoms with E-state index in [1.165, 1.54) is 0 Å². The average Bonchev–Trinajstić information content (AvgIpc) is 1.85. The zero-order valence-corrected chi connectivity index (χ0v) is 7.31. The van der Waals surface area contributed by atoms with E-state index in [-0.39, 0.29) is 29.6 Å². The molecule has 0 bridgehead atoms. The second kappa shape index (κ2) is 5.14. The van der Waals surface area contributed by atoms with Crippen LogP contribution >= 0.6 is 0 Å². The predicted molar refractivity (Wildman–Crippen MR) is 52.1 cm³/mol. The Bertz CT molecular complexity index is 299. The molecule has 1 aromatic carbocycles. The van der Waals surface area contributed by atoms with Crippen molar-refractivity contribution in [3.8, 4) is 0 Å². The third-order valence-electron chi connectivity index (χ3n) is 1.52. The van der Waals surface area contributed by atoms with Crippen LogP contribution in [-0.4, -0.2) is 38.3 Å². The third-order valence-corrected chi connectivity index (χ3v) is 2.35. The summed E-state index contributed by atoms with van der Waals surface area (Å²) in [6, 6.07) is 5.40. The maximum atomic E-state index is 10.6. The standard InChI is InChI=1S/C8H10O2S.Na.H/c1-6-3-4-8(11(9)10)7(2)5-6;;/h3-5H,1-2H3,(H,9,10);;. The molecule has 1 N–H and O–H groups in total. The van der Waals surface area contributed by atoms with Gasteiger partial charge in [-0.1, -0.05) is 17.7 Å². The molecule has 1 atom stereocenters. The van der Waals surface area contributed by atoms with Gasteiger partial charge in [-0.3, -0.25) is 0 Å². The van der Waals surface area contributed by atoms with E-state index in [1.807, 2.05) is 26.0 Å². The Labute approximate surface area is 97.0 Å². The minimum absolute atomic E-state index is 0. The third kappa shape index (κ3) is 2.99. The van der Waals surface area contributed by atoms with Gasteiger partial charge in [0.25, 0.3) is 0 Å². The second-order valence-electron chi connectivity index (χ2n) is 2.52. The molecule has 0 saturated carbocycles. The van der Waals surface area contributed by atoms with E-state index >= 15 is 0 Å². The molecule has 0 amide bonds. The van der Waals surface area contributed by atoms with Crippen LogP contribution in [0.4, 0.5) is 0 Å². The van der Waals surface area contributed by atoms with Crippen molar-refractivity contribution in [1.29, 1.82) is 0 Å². The van der Waals surface area contributed by atoms with E-state index in [0.29, 0.717) is 4.90 Å². The fraction of sp³-hybridized carbons (Fsp3) is 0.250. The van der Waals surface area contributed by atoms with Gasteiger partial charge in [0.2, 0.25) is 0 Å². The normalized spacial score (nSPS) is 11.9.